The summed E-state index contributed by atoms with van der Waals surface area (Å²) in [5.74, 6) is 0.878. The van der Waals surface area contributed by atoms with Crippen LogP contribution in [0.15, 0.2) is 42.9 Å². The van der Waals surface area contributed by atoms with Gasteiger partial charge in [0.15, 0.2) is 5.82 Å². The van der Waals surface area contributed by atoms with Crippen LogP contribution in [0.1, 0.15) is 41.8 Å². The molecule has 0 saturated carbocycles. The summed E-state index contributed by atoms with van der Waals surface area (Å²) in [5.41, 5.74) is 1.09. The van der Waals surface area contributed by atoms with Crippen molar-refractivity contribution in [3.63, 3.8) is 0 Å². The van der Waals surface area contributed by atoms with Crippen LogP contribution in [0.2, 0.25) is 0 Å². The van der Waals surface area contributed by atoms with Gasteiger partial charge in [-0.2, -0.15) is 5.21 Å². The number of nitrogens with zero attached hydrogens (tertiary/aromatic N) is 5. The molecule has 4 aromatic rings. The van der Waals surface area contributed by atoms with E-state index >= 15 is 0 Å². The van der Waals surface area contributed by atoms with Crippen molar-refractivity contribution in [2.45, 2.75) is 25.3 Å². The third-order valence-corrected chi connectivity index (χ3v) is 4.94. The molecule has 3 aromatic heterocycles. The number of methoxy groups -OCH3 is 1. The Morgan fingerprint density at radius 2 is 1.97 bits per heavy atom. The summed E-state index contributed by atoms with van der Waals surface area (Å²) in [6.07, 6.45) is 3.08. The number of amides is 1. The Bertz CT molecular complexity index is 1120. The van der Waals surface area contributed by atoms with Crippen LogP contribution >= 0.6 is 0 Å². The molecule has 1 atom stereocenters. The van der Waals surface area contributed by atoms with Gasteiger partial charge >= 0.3 is 0 Å². The molecule has 0 bridgehead atoms. The average Bonchev–Trinajstić information content (AvgIpc) is 3.43. The Morgan fingerprint density at radius 3 is 2.66 bits per heavy atom. The number of aromatic nitrogens is 7. The third kappa shape index (κ3) is 3.40. The Kier molecular flexibility index (Phi) is 4.67. The van der Waals surface area contributed by atoms with Crippen LogP contribution in [-0.2, 0) is 5.41 Å². The first kappa shape index (κ1) is 18.5. The van der Waals surface area contributed by atoms with Crippen molar-refractivity contribution in [1.82, 2.24) is 40.9 Å². The number of rotatable bonds is 6. The number of carbonyl (C=O) groups is 1. The molecule has 29 heavy (non-hydrogen) atoms. The maximum Gasteiger partial charge on any atom is 0.271 e. The summed E-state index contributed by atoms with van der Waals surface area (Å²) in [5, 5.41) is 18.2. The number of tetrazole rings is 1. The summed E-state index contributed by atoms with van der Waals surface area (Å²) >= 11 is 0. The number of carbonyl (C=O) groups excluding carboxylic acids is 1. The van der Waals surface area contributed by atoms with E-state index in [-0.39, 0.29) is 5.91 Å². The topological polar surface area (TPSA) is 134 Å². The fourth-order valence-corrected chi connectivity index (χ4v) is 3.29. The van der Waals surface area contributed by atoms with Gasteiger partial charge in [-0.25, -0.2) is 9.97 Å². The maximum atomic E-state index is 13.2. The quantitative estimate of drug-likeness (QED) is 0.456. The smallest absolute Gasteiger partial charge is 0.271 e. The van der Waals surface area contributed by atoms with E-state index in [0.29, 0.717) is 22.6 Å². The lowest BCUT2D eigenvalue weighted by atomic mass is 9.79. The molecule has 0 aliphatic heterocycles. The standard InChI is InChI=1S/C19H20N8O2/c1-19(2,18-24-26-27-25-18)15(11-4-6-12(29-3)7-5-11)23-17(28)14-13-8-9-20-16(13)22-10-21-14/h4-10,15H,1-3H3,(H,23,28)(H,20,21,22)(H,24,25,26,27)/t15-/m1/s1. The first-order valence-electron chi connectivity index (χ1n) is 8.97. The highest BCUT2D eigenvalue weighted by Gasteiger charge is 2.38. The largest absolute Gasteiger partial charge is 0.497 e. The lowest BCUT2D eigenvalue weighted by molar-refractivity contribution is 0.0913. The van der Waals surface area contributed by atoms with E-state index < -0.39 is 11.5 Å². The monoisotopic (exact) mass is 392 g/mol. The molecule has 0 aliphatic carbocycles. The Hall–Kier alpha value is -3.82. The summed E-state index contributed by atoms with van der Waals surface area (Å²) in [6.45, 7) is 3.89. The van der Waals surface area contributed by atoms with E-state index in [9.17, 15) is 4.79 Å². The number of ether oxygens (including phenoxy) is 1. The zero-order chi connectivity index (χ0) is 20.4. The van der Waals surface area contributed by atoms with Gasteiger partial charge < -0.3 is 15.0 Å². The number of hydrogen-bond donors (Lipinski definition) is 3. The highest BCUT2D eigenvalue weighted by Crippen LogP contribution is 2.35. The Balaban J connectivity index is 1.73. The molecule has 148 valence electrons. The van der Waals surface area contributed by atoms with Gasteiger partial charge in [0.2, 0.25) is 0 Å². The first-order chi connectivity index (χ1) is 14.0. The van der Waals surface area contributed by atoms with Crippen LogP contribution in [0.4, 0.5) is 0 Å². The van der Waals surface area contributed by atoms with Crippen LogP contribution in [0.3, 0.4) is 0 Å². The van der Waals surface area contributed by atoms with E-state index in [2.05, 4.69) is 40.9 Å². The highest BCUT2D eigenvalue weighted by molar-refractivity contribution is 6.03. The third-order valence-electron chi connectivity index (χ3n) is 4.94. The van der Waals surface area contributed by atoms with Crippen molar-refractivity contribution < 1.29 is 9.53 Å². The van der Waals surface area contributed by atoms with Crippen molar-refractivity contribution in [3.8, 4) is 5.75 Å². The van der Waals surface area contributed by atoms with E-state index in [1.165, 1.54) is 6.33 Å². The molecule has 0 spiro atoms. The van der Waals surface area contributed by atoms with Crippen molar-refractivity contribution in [3.05, 3.63) is 59.9 Å². The minimum absolute atomic E-state index is 0.290. The first-order valence-corrected chi connectivity index (χ1v) is 8.97. The van der Waals surface area contributed by atoms with Gasteiger partial charge in [0, 0.05) is 6.20 Å². The molecule has 1 aromatic carbocycles. The molecular weight excluding hydrogens is 372 g/mol. The van der Waals surface area contributed by atoms with Gasteiger partial charge in [-0.15, -0.1) is 10.2 Å². The Morgan fingerprint density at radius 1 is 1.17 bits per heavy atom. The molecule has 0 unspecified atom stereocenters. The fourth-order valence-electron chi connectivity index (χ4n) is 3.29. The highest BCUT2D eigenvalue weighted by atomic mass is 16.5. The average molecular weight is 392 g/mol. The van der Waals surface area contributed by atoms with Gasteiger partial charge in [-0.3, -0.25) is 4.79 Å². The van der Waals surface area contributed by atoms with E-state index in [1.54, 1.807) is 19.4 Å². The predicted octanol–water partition coefficient (Wildman–Crippen LogP) is 1.93. The summed E-state index contributed by atoms with van der Waals surface area (Å²) in [4.78, 5) is 24.5. The van der Waals surface area contributed by atoms with Crippen LogP contribution in [0, 0.1) is 0 Å². The second kappa shape index (κ2) is 7.30. The fraction of sp³-hybridized carbons (Fsp3) is 0.263. The minimum atomic E-state index is -0.665. The van der Waals surface area contributed by atoms with E-state index in [1.807, 2.05) is 38.1 Å². The summed E-state index contributed by atoms with van der Waals surface area (Å²) < 4.78 is 5.25. The number of fused-ring (bicyclic) bond motifs is 1. The van der Waals surface area contributed by atoms with Gasteiger partial charge in [0.25, 0.3) is 5.91 Å². The van der Waals surface area contributed by atoms with Crippen molar-refractivity contribution >= 4 is 16.9 Å². The van der Waals surface area contributed by atoms with Crippen LogP contribution < -0.4 is 10.1 Å². The molecule has 10 nitrogen and oxygen atoms in total. The van der Waals surface area contributed by atoms with Crippen LogP contribution in [-0.4, -0.2) is 48.6 Å². The van der Waals surface area contributed by atoms with Gasteiger partial charge in [-0.1, -0.05) is 31.2 Å². The van der Waals surface area contributed by atoms with Crippen molar-refractivity contribution in [1.29, 1.82) is 0 Å². The predicted molar refractivity (Wildman–Crippen MR) is 104 cm³/mol. The van der Waals surface area contributed by atoms with Gasteiger partial charge in [-0.05, 0) is 23.8 Å². The number of aromatic amines is 2. The minimum Gasteiger partial charge on any atom is -0.497 e. The number of nitrogens with one attached hydrogen (secondary N) is 3. The molecule has 3 N–H and O–H groups in total. The number of hydrogen-bond acceptors (Lipinski definition) is 7. The molecule has 1 amide bonds. The maximum absolute atomic E-state index is 13.2. The summed E-state index contributed by atoms with van der Waals surface area (Å²) in [7, 11) is 1.61. The Labute approximate surface area is 166 Å². The van der Waals surface area contributed by atoms with Crippen LogP contribution in [0.5, 0.6) is 5.75 Å². The van der Waals surface area contributed by atoms with E-state index in [4.69, 9.17) is 4.74 Å². The van der Waals surface area contributed by atoms with Crippen molar-refractivity contribution in [2.24, 2.45) is 0 Å². The van der Waals surface area contributed by atoms with Gasteiger partial charge in [0.05, 0.1) is 24.0 Å². The van der Waals surface area contributed by atoms with E-state index in [0.717, 1.165) is 11.3 Å². The van der Waals surface area contributed by atoms with Gasteiger partial charge in [0.1, 0.15) is 23.4 Å². The van der Waals surface area contributed by atoms with Crippen LogP contribution in [0.25, 0.3) is 11.0 Å². The molecular formula is C19H20N8O2. The molecule has 10 heteroatoms. The lowest BCUT2D eigenvalue weighted by Gasteiger charge is -2.32. The second-order valence-corrected chi connectivity index (χ2v) is 7.10. The normalized spacial score (nSPS) is 12.7. The molecule has 4 rings (SSSR count). The zero-order valence-electron chi connectivity index (χ0n) is 16.2. The SMILES string of the molecule is COc1ccc([C@@H](NC(=O)c2ncnc3[nH]ccc23)C(C)(C)c2nn[nH]n2)cc1. The number of H-pyrrole nitrogens is 2. The summed E-state index contributed by atoms with van der Waals surface area (Å²) in [6, 6.07) is 8.81. The molecule has 3 heterocycles. The molecule has 0 saturated heterocycles. The molecule has 0 radical (unpaired) electrons. The lowest BCUT2D eigenvalue weighted by Crippen LogP contribution is -2.41. The number of benzene rings is 1. The second-order valence-electron chi connectivity index (χ2n) is 7.10. The van der Waals surface area contributed by atoms with Crippen molar-refractivity contribution in [2.75, 3.05) is 7.11 Å². The zero-order valence-corrected chi connectivity index (χ0v) is 16.2. The molecule has 0 fully saturated rings. The molecule has 0 aliphatic rings.